The number of nitrogens with zero attached hydrogens (tertiary/aromatic N) is 2. The van der Waals surface area contributed by atoms with Crippen LogP contribution in [0.2, 0.25) is 0 Å². The van der Waals surface area contributed by atoms with Crippen LogP contribution >= 0.6 is 0 Å². The smallest absolute Gasteiger partial charge is 0.246 e. The van der Waals surface area contributed by atoms with E-state index in [9.17, 15) is 8.42 Å². The Balaban J connectivity index is 2.25. The number of hydrogen-bond donors (Lipinski definition) is 1. The first kappa shape index (κ1) is 16.5. The fraction of sp³-hybridized carbons (Fsp3) is 0.714. The standard InChI is InChI=1S/C14H25N3O3S/c1-11-14(8-13(20-11)9-15-2)21(18,19)17-7-5-6-12(10-17)16(3)4/h8,12,15H,5-7,9-10H2,1-4H3. The van der Waals surface area contributed by atoms with E-state index in [0.717, 1.165) is 12.8 Å². The van der Waals surface area contributed by atoms with E-state index in [2.05, 4.69) is 10.2 Å². The summed E-state index contributed by atoms with van der Waals surface area (Å²) >= 11 is 0. The summed E-state index contributed by atoms with van der Waals surface area (Å²) in [6, 6.07) is 1.91. The average molecular weight is 315 g/mol. The summed E-state index contributed by atoms with van der Waals surface area (Å²) in [7, 11) is 2.32. The molecule has 1 aromatic rings. The van der Waals surface area contributed by atoms with Crippen LogP contribution in [0.25, 0.3) is 0 Å². The van der Waals surface area contributed by atoms with Gasteiger partial charge in [-0.05, 0) is 40.9 Å². The van der Waals surface area contributed by atoms with E-state index in [-0.39, 0.29) is 6.04 Å². The summed E-state index contributed by atoms with van der Waals surface area (Å²) in [5, 5.41) is 2.97. The van der Waals surface area contributed by atoms with Gasteiger partial charge in [0.25, 0.3) is 0 Å². The summed E-state index contributed by atoms with van der Waals surface area (Å²) in [6.07, 6.45) is 1.93. The quantitative estimate of drug-likeness (QED) is 0.879. The maximum Gasteiger partial charge on any atom is 0.246 e. The van der Waals surface area contributed by atoms with Crippen LogP contribution in [0.3, 0.4) is 0 Å². The highest BCUT2D eigenvalue weighted by molar-refractivity contribution is 7.89. The molecule has 1 aromatic heterocycles. The van der Waals surface area contributed by atoms with Crippen molar-refractivity contribution in [3.63, 3.8) is 0 Å². The number of aryl methyl sites for hydroxylation is 1. The van der Waals surface area contributed by atoms with Gasteiger partial charge in [-0.15, -0.1) is 0 Å². The fourth-order valence-corrected chi connectivity index (χ4v) is 4.44. The molecule has 21 heavy (non-hydrogen) atoms. The molecule has 0 radical (unpaired) electrons. The second-order valence-corrected chi connectivity index (χ2v) is 7.69. The monoisotopic (exact) mass is 315 g/mol. The van der Waals surface area contributed by atoms with Gasteiger partial charge in [0.05, 0.1) is 6.54 Å². The van der Waals surface area contributed by atoms with Crippen LogP contribution in [0, 0.1) is 6.92 Å². The molecule has 0 spiro atoms. The minimum atomic E-state index is -3.47. The Kier molecular flexibility index (Phi) is 5.08. The van der Waals surface area contributed by atoms with Crippen molar-refractivity contribution in [3.8, 4) is 0 Å². The molecule has 7 heteroatoms. The average Bonchev–Trinajstić information content (AvgIpc) is 2.81. The first-order valence-electron chi connectivity index (χ1n) is 7.26. The van der Waals surface area contributed by atoms with Gasteiger partial charge in [0.15, 0.2) is 0 Å². The summed E-state index contributed by atoms with van der Waals surface area (Å²) in [6.45, 7) is 3.36. The molecule has 6 nitrogen and oxygen atoms in total. The molecular formula is C14H25N3O3S. The van der Waals surface area contributed by atoms with Gasteiger partial charge in [-0.2, -0.15) is 4.31 Å². The van der Waals surface area contributed by atoms with Gasteiger partial charge in [0, 0.05) is 25.2 Å². The second kappa shape index (κ2) is 6.48. The van der Waals surface area contributed by atoms with Crippen LogP contribution in [-0.4, -0.2) is 57.9 Å². The maximum absolute atomic E-state index is 12.8. The number of likely N-dealkylation sites (N-methyl/N-ethyl adjacent to an activating group) is 1. The van der Waals surface area contributed by atoms with Crippen LogP contribution in [0.15, 0.2) is 15.4 Å². The third kappa shape index (κ3) is 3.48. The molecule has 0 amide bonds. The molecule has 1 N–H and O–H groups in total. The molecule has 2 rings (SSSR count). The van der Waals surface area contributed by atoms with Crippen LogP contribution in [0.5, 0.6) is 0 Å². The van der Waals surface area contributed by atoms with Gasteiger partial charge in [-0.1, -0.05) is 0 Å². The molecule has 2 heterocycles. The number of furan rings is 1. The lowest BCUT2D eigenvalue weighted by Crippen LogP contribution is -2.47. The Morgan fingerprint density at radius 3 is 2.81 bits per heavy atom. The van der Waals surface area contributed by atoms with Crippen LogP contribution < -0.4 is 5.32 Å². The Bertz CT molecular complexity index is 580. The van der Waals surface area contributed by atoms with Crippen molar-refractivity contribution in [3.05, 3.63) is 17.6 Å². The first-order chi connectivity index (χ1) is 9.86. The predicted molar refractivity (Wildman–Crippen MR) is 81.7 cm³/mol. The molecule has 1 saturated heterocycles. The van der Waals surface area contributed by atoms with Gasteiger partial charge in [-0.25, -0.2) is 8.42 Å². The van der Waals surface area contributed by atoms with Crippen LogP contribution in [0.4, 0.5) is 0 Å². The van der Waals surface area contributed by atoms with E-state index in [1.165, 1.54) is 0 Å². The van der Waals surface area contributed by atoms with E-state index in [0.29, 0.717) is 36.1 Å². The molecule has 1 aliphatic rings. The molecule has 120 valence electrons. The van der Waals surface area contributed by atoms with Gasteiger partial charge in [0.1, 0.15) is 16.4 Å². The number of rotatable bonds is 5. The molecule has 1 unspecified atom stereocenters. The van der Waals surface area contributed by atoms with E-state index >= 15 is 0 Å². The highest BCUT2D eigenvalue weighted by Crippen LogP contribution is 2.26. The number of nitrogens with one attached hydrogen (secondary N) is 1. The normalized spacial score (nSPS) is 21.1. The van der Waals surface area contributed by atoms with Gasteiger partial charge in [-0.3, -0.25) is 0 Å². The maximum atomic E-state index is 12.8. The minimum absolute atomic E-state index is 0.275. The Labute approximate surface area is 127 Å². The molecule has 0 aliphatic carbocycles. The molecule has 0 bridgehead atoms. The summed E-state index contributed by atoms with van der Waals surface area (Å²) in [4.78, 5) is 2.39. The summed E-state index contributed by atoms with van der Waals surface area (Å²) < 4.78 is 32.8. The van der Waals surface area contributed by atoms with E-state index < -0.39 is 10.0 Å². The van der Waals surface area contributed by atoms with E-state index in [1.807, 2.05) is 14.1 Å². The lowest BCUT2D eigenvalue weighted by molar-refractivity contribution is 0.190. The topological polar surface area (TPSA) is 65.8 Å². The fourth-order valence-electron chi connectivity index (χ4n) is 2.74. The van der Waals surface area contributed by atoms with E-state index in [1.54, 1.807) is 24.3 Å². The number of hydrogen-bond acceptors (Lipinski definition) is 5. The Morgan fingerprint density at radius 2 is 2.19 bits per heavy atom. The van der Waals surface area contributed by atoms with Crippen molar-refractivity contribution < 1.29 is 12.8 Å². The lowest BCUT2D eigenvalue weighted by atomic mass is 10.1. The molecule has 1 atom stereocenters. The van der Waals surface area contributed by atoms with Crippen molar-refractivity contribution in [2.45, 2.75) is 37.2 Å². The minimum Gasteiger partial charge on any atom is -0.464 e. The highest BCUT2D eigenvalue weighted by Gasteiger charge is 2.33. The number of piperidine rings is 1. The zero-order chi connectivity index (χ0) is 15.6. The Morgan fingerprint density at radius 1 is 1.48 bits per heavy atom. The largest absolute Gasteiger partial charge is 0.464 e. The molecule has 1 aliphatic heterocycles. The summed E-state index contributed by atoms with van der Waals surface area (Å²) in [5.74, 6) is 1.11. The van der Waals surface area contributed by atoms with Gasteiger partial charge in [0.2, 0.25) is 10.0 Å². The molecule has 0 saturated carbocycles. The SMILES string of the molecule is CNCc1cc(S(=O)(=O)N2CCCC(N(C)C)C2)c(C)o1. The molecule has 1 fully saturated rings. The molecule has 0 aromatic carbocycles. The zero-order valence-electron chi connectivity index (χ0n) is 13.2. The van der Waals surface area contributed by atoms with E-state index in [4.69, 9.17) is 4.42 Å². The highest BCUT2D eigenvalue weighted by atomic mass is 32.2. The van der Waals surface area contributed by atoms with Crippen molar-refractivity contribution in [1.29, 1.82) is 0 Å². The lowest BCUT2D eigenvalue weighted by Gasteiger charge is -2.35. The van der Waals surface area contributed by atoms with Crippen molar-refractivity contribution in [1.82, 2.24) is 14.5 Å². The first-order valence-corrected chi connectivity index (χ1v) is 8.70. The van der Waals surface area contributed by atoms with Crippen LogP contribution in [0.1, 0.15) is 24.4 Å². The van der Waals surface area contributed by atoms with Crippen molar-refractivity contribution in [2.24, 2.45) is 0 Å². The van der Waals surface area contributed by atoms with Gasteiger partial charge >= 0.3 is 0 Å². The second-order valence-electron chi connectivity index (χ2n) is 5.79. The van der Waals surface area contributed by atoms with Crippen molar-refractivity contribution >= 4 is 10.0 Å². The number of sulfonamides is 1. The van der Waals surface area contributed by atoms with Gasteiger partial charge < -0.3 is 14.6 Å². The summed E-state index contributed by atoms with van der Waals surface area (Å²) in [5.41, 5.74) is 0. The third-order valence-electron chi connectivity index (χ3n) is 3.98. The zero-order valence-corrected chi connectivity index (χ0v) is 14.0. The Hall–Kier alpha value is -0.890. The molecular weight excluding hydrogens is 290 g/mol. The van der Waals surface area contributed by atoms with Crippen molar-refractivity contribution in [2.75, 3.05) is 34.2 Å². The third-order valence-corrected chi connectivity index (χ3v) is 5.95. The predicted octanol–water partition coefficient (Wildman–Crippen LogP) is 1.02. The van der Waals surface area contributed by atoms with Crippen LogP contribution in [-0.2, 0) is 16.6 Å².